The summed E-state index contributed by atoms with van der Waals surface area (Å²) in [6.45, 7) is 8.91. The topological polar surface area (TPSA) is 50.8 Å². The van der Waals surface area contributed by atoms with Crippen LogP contribution in [0, 0.1) is 5.92 Å². The van der Waals surface area contributed by atoms with E-state index in [1.165, 1.54) is 0 Å². The van der Waals surface area contributed by atoms with Crippen molar-refractivity contribution in [3.05, 3.63) is 0 Å². The first kappa shape index (κ1) is 16.4. The second-order valence-electron chi connectivity index (χ2n) is 5.46. The highest BCUT2D eigenvalue weighted by Gasteiger charge is 2.21. The van der Waals surface area contributed by atoms with Crippen molar-refractivity contribution in [2.45, 2.75) is 32.8 Å². The van der Waals surface area contributed by atoms with Crippen LogP contribution in [-0.4, -0.2) is 63.4 Å². The van der Waals surface area contributed by atoms with Crippen LogP contribution in [0.25, 0.3) is 0 Å². The van der Waals surface area contributed by atoms with Gasteiger partial charge in [0.2, 0.25) is 0 Å². The van der Waals surface area contributed by atoms with Crippen LogP contribution >= 0.6 is 0 Å². The molecular weight excluding hydrogens is 244 g/mol. The van der Waals surface area contributed by atoms with Crippen LogP contribution in [-0.2, 0) is 14.3 Å². The van der Waals surface area contributed by atoms with E-state index in [-0.39, 0.29) is 12.1 Å². The highest BCUT2D eigenvalue weighted by Crippen LogP contribution is 2.16. The van der Waals surface area contributed by atoms with Crippen molar-refractivity contribution >= 4 is 5.97 Å². The number of ether oxygens (including phenoxy) is 2. The lowest BCUT2D eigenvalue weighted by Crippen LogP contribution is -2.40. The van der Waals surface area contributed by atoms with E-state index in [0.29, 0.717) is 12.5 Å². The van der Waals surface area contributed by atoms with E-state index in [9.17, 15) is 4.79 Å². The molecule has 1 fully saturated rings. The Morgan fingerprint density at radius 3 is 2.63 bits per heavy atom. The van der Waals surface area contributed by atoms with Gasteiger partial charge in [-0.15, -0.1) is 0 Å². The first-order valence-electron chi connectivity index (χ1n) is 7.23. The van der Waals surface area contributed by atoms with Crippen molar-refractivity contribution in [3.63, 3.8) is 0 Å². The molecule has 1 N–H and O–H groups in total. The smallest absolute Gasteiger partial charge is 0.320 e. The van der Waals surface area contributed by atoms with Crippen LogP contribution in [0.5, 0.6) is 0 Å². The third-order valence-electron chi connectivity index (χ3n) is 3.34. The number of hydrogen-bond donors (Lipinski definition) is 1. The quantitative estimate of drug-likeness (QED) is 0.525. The Morgan fingerprint density at radius 1 is 1.37 bits per heavy atom. The molecule has 0 radical (unpaired) electrons. The van der Waals surface area contributed by atoms with E-state index < -0.39 is 0 Å². The largest absolute Gasteiger partial charge is 0.462 e. The van der Waals surface area contributed by atoms with Gasteiger partial charge in [0.15, 0.2) is 0 Å². The highest BCUT2D eigenvalue weighted by molar-refractivity contribution is 5.71. The number of likely N-dealkylation sites (tertiary alicyclic amines) is 1. The third kappa shape index (κ3) is 7.50. The zero-order valence-electron chi connectivity index (χ0n) is 12.5. The summed E-state index contributed by atoms with van der Waals surface area (Å²) < 4.78 is 10.2. The van der Waals surface area contributed by atoms with Crippen molar-refractivity contribution in [3.8, 4) is 0 Å². The van der Waals surface area contributed by atoms with Crippen LogP contribution in [0.4, 0.5) is 0 Å². The Bertz CT molecular complexity index is 251. The minimum Gasteiger partial charge on any atom is -0.462 e. The number of nitrogens with zero attached hydrogens (tertiary/aromatic N) is 1. The van der Waals surface area contributed by atoms with Gasteiger partial charge in [-0.05, 0) is 52.2 Å². The number of rotatable bonds is 8. The van der Waals surface area contributed by atoms with Crippen LogP contribution in [0.15, 0.2) is 0 Å². The minimum atomic E-state index is -0.105. The van der Waals surface area contributed by atoms with E-state index in [1.807, 2.05) is 13.8 Å². The summed E-state index contributed by atoms with van der Waals surface area (Å²) in [7, 11) is 1.72. The lowest BCUT2D eigenvalue weighted by molar-refractivity contribution is -0.149. The number of carbonyl (C=O) groups is 1. The van der Waals surface area contributed by atoms with Crippen molar-refractivity contribution in [2.24, 2.45) is 5.92 Å². The molecule has 0 bridgehead atoms. The number of piperidine rings is 1. The number of carbonyl (C=O) groups excluding carboxylic acids is 1. The number of nitrogens with one attached hydrogen (secondary N) is 1. The summed E-state index contributed by atoms with van der Waals surface area (Å²) in [6.07, 6.45) is 2.28. The zero-order chi connectivity index (χ0) is 14.1. The fourth-order valence-corrected chi connectivity index (χ4v) is 2.31. The van der Waals surface area contributed by atoms with E-state index >= 15 is 0 Å². The molecule has 1 aliphatic rings. The van der Waals surface area contributed by atoms with E-state index in [2.05, 4.69) is 10.2 Å². The van der Waals surface area contributed by atoms with Gasteiger partial charge in [0, 0.05) is 13.7 Å². The van der Waals surface area contributed by atoms with Crippen LogP contribution in [0.1, 0.15) is 26.7 Å². The van der Waals surface area contributed by atoms with Gasteiger partial charge < -0.3 is 14.8 Å². The van der Waals surface area contributed by atoms with Crippen LogP contribution < -0.4 is 5.32 Å². The van der Waals surface area contributed by atoms with Gasteiger partial charge in [0.05, 0.1) is 19.3 Å². The average molecular weight is 272 g/mol. The number of hydrogen-bond acceptors (Lipinski definition) is 5. The second-order valence-corrected chi connectivity index (χ2v) is 5.46. The first-order valence-corrected chi connectivity index (χ1v) is 7.23. The lowest BCUT2D eigenvalue weighted by atomic mass is 9.97. The summed E-state index contributed by atoms with van der Waals surface area (Å²) in [5, 5.41) is 3.40. The van der Waals surface area contributed by atoms with Gasteiger partial charge in [-0.3, -0.25) is 9.69 Å². The molecule has 1 saturated heterocycles. The zero-order valence-corrected chi connectivity index (χ0v) is 12.5. The van der Waals surface area contributed by atoms with Crippen LogP contribution in [0.2, 0.25) is 0 Å². The summed E-state index contributed by atoms with van der Waals surface area (Å²) in [4.78, 5) is 13.7. The average Bonchev–Trinajstić information content (AvgIpc) is 2.35. The second kappa shape index (κ2) is 9.28. The molecule has 0 amide bonds. The summed E-state index contributed by atoms with van der Waals surface area (Å²) in [6, 6.07) is 0. The monoisotopic (exact) mass is 272 g/mol. The molecule has 0 spiro atoms. The molecule has 0 saturated carbocycles. The summed E-state index contributed by atoms with van der Waals surface area (Å²) in [5.74, 6) is 0.612. The molecule has 0 aliphatic carbocycles. The summed E-state index contributed by atoms with van der Waals surface area (Å²) >= 11 is 0. The molecule has 0 aromatic rings. The molecule has 1 aliphatic heterocycles. The maximum atomic E-state index is 11.6. The molecule has 112 valence electrons. The SMILES string of the molecule is COCCNCC1CCN(CC(=O)OC(C)C)CC1. The minimum absolute atomic E-state index is 0.0185. The van der Waals surface area contributed by atoms with Crippen molar-refractivity contribution in [1.82, 2.24) is 10.2 Å². The number of esters is 1. The van der Waals surface area contributed by atoms with E-state index in [0.717, 1.165) is 45.6 Å². The molecule has 5 nitrogen and oxygen atoms in total. The molecule has 0 atom stereocenters. The molecule has 1 rings (SSSR count). The highest BCUT2D eigenvalue weighted by atomic mass is 16.5. The molecule has 5 heteroatoms. The number of methoxy groups -OCH3 is 1. The maximum absolute atomic E-state index is 11.6. The Kier molecular flexibility index (Phi) is 8.02. The predicted octanol–water partition coefficient (Wildman–Crippen LogP) is 0.886. The van der Waals surface area contributed by atoms with Gasteiger partial charge in [-0.2, -0.15) is 0 Å². The Hall–Kier alpha value is -0.650. The summed E-state index contributed by atoms with van der Waals surface area (Å²) in [5.41, 5.74) is 0. The van der Waals surface area contributed by atoms with Crippen molar-refractivity contribution < 1.29 is 14.3 Å². The standard InChI is InChI=1S/C14H28N2O3/c1-12(2)19-14(17)11-16-7-4-13(5-8-16)10-15-6-9-18-3/h12-13,15H,4-11H2,1-3H3. The fraction of sp³-hybridized carbons (Fsp3) is 0.929. The van der Waals surface area contributed by atoms with Gasteiger partial charge >= 0.3 is 5.97 Å². The van der Waals surface area contributed by atoms with Crippen molar-refractivity contribution in [1.29, 1.82) is 0 Å². The molecule has 0 aromatic heterocycles. The van der Waals surface area contributed by atoms with Gasteiger partial charge in [0.1, 0.15) is 0 Å². The molecule has 1 heterocycles. The molecule has 0 aromatic carbocycles. The Labute approximate surface area is 116 Å². The van der Waals surface area contributed by atoms with Gasteiger partial charge in [0.25, 0.3) is 0 Å². The molecule has 0 unspecified atom stereocenters. The van der Waals surface area contributed by atoms with E-state index in [4.69, 9.17) is 9.47 Å². The fourth-order valence-electron chi connectivity index (χ4n) is 2.31. The third-order valence-corrected chi connectivity index (χ3v) is 3.34. The van der Waals surface area contributed by atoms with E-state index in [1.54, 1.807) is 7.11 Å². The van der Waals surface area contributed by atoms with Gasteiger partial charge in [-0.25, -0.2) is 0 Å². The normalized spacial score (nSPS) is 17.9. The predicted molar refractivity (Wildman–Crippen MR) is 75.1 cm³/mol. The van der Waals surface area contributed by atoms with Gasteiger partial charge in [-0.1, -0.05) is 0 Å². The molecule has 19 heavy (non-hydrogen) atoms. The maximum Gasteiger partial charge on any atom is 0.320 e. The lowest BCUT2D eigenvalue weighted by Gasteiger charge is -2.31. The van der Waals surface area contributed by atoms with Crippen molar-refractivity contribution in [2.75, 3.05) is 46.4 Å². The first-order chi connectivity index (χ1) is 9.11. The Balaban J connectivity index is 2.09. The van der Waals surface area contributed by atoms with Crippen LogP contribution in [0.3, 0.4) is 0 Å². The molecular formula is C14H28N2O3. The Morgan fingerprint density at radius 2 is 2.05 bits per heavy atom.